The highest BCUT2D eigenvalue weighted by Crippen LogP contribution is 2.25. The number of sulfonamides is 1. The molecule has 1 aromatic heterocycles. The van der Waals surface area contributed by atoms with Crippen molar-refractivity contribution in [1.29, 1.82) is 0 Å². The third kappa shape index (κ3) is 4.75. The average Bonchev–Trinajstić information content (AvgIpc) is 2.89. The van der Waals surface area contributed by atoms with Gasteiger partial charge in [0, 0.05) is 31.7 Å². The van der Waals surface area contributed by atoms with Gasteiger partial charge < -0.3 is 10.2 Å². The molecule has 0 saturated carbocycles. The molecule has 0 unspecified atom stereocenters. The summed E-state index contributed by atoms with van der Waals surface area (Å²) in [5, 5.41) is 3.27. The molecule has 5 rings (SSSR count). The van der Waals surface area contributed by atoms with E-state index in [1.165, 1.54) is 36.4 Å². The Labute approximate surface area is 206 Å². The minimum absolute atomic E-state index is 0.179. The van der Waals surface area contributed by atoms with E-state index in [9.17, 15) is 17.6 Å². The van der Waals surface area contributed by atoms with Crippen LogP contribution in [0.1, 0.15) is 15.9 Å². The maximum atomic E-state index is 15.3. The Morgan fingerprint density at radius 1 is 0.972 bits per heavy atom. The molecule has 4 aromatic rings. The lowest BCUT2D eigenvalue weighted by Gasteiger charge is -2.28. The Balaban J connectivity index is 1.45. The van der Waals surface area contributed by atoms with Gasteiger partial charge in [0.1, 0.15) is 11.6 Å². The molecule has 2 N–H and O–H groups in total. The molecular formula is C25H21F2N5O3S. The number of rotatable bonds is 6. The number of halogens is 2. The lowest BCUT2D eigenvalue weighted by atomic mass is 10.0. The summed E-state index contributed by atoms with van der Waals surface area (Å²) in [6.07, 6.45) is 1.68. The van der Waals surface area contributed by atoms with Gasteiger partial charge in [0.05, 0.1) is 33.4 Å². The number of benzene rings is 3. The van der Waals surface area contributed by atoms with Crippen LogP contribution in [0.25, 0.3) is 11.0 Å². The smallest absolute Gasteiger partial charge is 0.262 e. The highest BCUT2D eigenvalue weighted by molar-refractivity contribution is 7.92. The third-order valence-electron chi connectivity index (χ3n) is 5.83. The molecule has 1 aliphatic heterocycles. The van der Waals surface area contributed by atoms with E-state index in [1.807, 2.05) is 0 Å². The van der Waals surface area contributed by atoms with Crippen LogP contribution >= 0.6 is 0 Å². The first kappa shape index (κ1) is 23.8. The highest BCUT2D eigenvalue weighted by atomic mass is 32.2. The maximum Gasteiger partial charge on any atom is 0.262 e. The zero-order valence-corrected chi connectivity index (χ0v) is 19.7. The average molecular weight is 510 g/mol. The van der Waals surface area contributed by atoms with Gasteiger partial charge in [-0.2, -0.15) is 0 Å². The van der Waals surface area contributed by atoms with Gasteiger partial charge >= 0.3 is 0 Å². The van der Waals surface area contributed by atoms with E-state index < -0.39 is 33.1 Å². The van der Waals surface area contributed by atoms with E-state index in [0.717, 1.165) is 38.3 Å². The van der Waals surface area contributed by atoms with Crippen LogP contribution in [0.2, 0.25) is 0 Å². The van der Waals surface area contributed by atoms with Crippen LogP contribution in [-0.2, 0) is 10.0 Å². The van der Waals surface area contributed by atoms with Crippen molar-refractivity contribution in [1.82, 2.24) is 15.3 Å². The fraction of sp³-hybridized carbons (Fsp3) is 0.160. The zero-order valence-electron chi connectivity index (χ0n) is 18.9. The minimum Gasteiger partial charge on any atom is -0.353 e. The molecule has 184 valence electrons. The van der Waals surface area contributed by atoms with Gasteiger partial charge in [-0.25, -0.2) is 22.2 Å². The second kappa shape index (κ2) is 9.59. The van der Waals surface area contributed by atoms with Crippen LogP contribution < -0.4 is 14.9 Å². The highest BCUT2D eigenvalue weighted by Gasteiger charge is 2.22. The van der Waals surface area contributed by atoms with E-state index in [4.69, 9.17) is 0 Å². The van der Waals surface area contributed by atoms with Gasteiger partial charge in [-0.05, 0) is 48.5 Å². The molecular weight excluding hydrogens is 488 g/mol. The summed E-state index contributed by atoms with van der Waals surface area (Å²) in [7, 11) is -4.28. The number of hydrogen-bond acceptors (Lipinski definition) is 7. The molecule has 11 heteroatoms. The van der Waals surface area contributed by atoms with Crippen LogP contribution in [0.4, 0.5) is 20.3 Å². The van der Waals surface area contributed by atoms with Gasteiger partial charge in [-0.3, -0.25) is 14.5 Å². The zero-order chi connectivity index (χ0) is 25.3. The van der Waals surface area contributed by atoms with Gasteiger partial charge in [-0.1, -0.05) is 12.1 Å². The Bertz CT molecular complexity index is 1570. The number of aromatic nitrogens is 2. The summed E-state index contributed by atoms with van der Waals surface area (Å²) in [5.41, 5.74) is 0.507. The minimum atomic E-state index is -4.28. The van der Waals surface area contributed by atoms with E-state index >= 15 is 4.39 Å². The maximum absolute atomic E-state index is 15.3. The molecule has 1 aliphatic rings. The van der Waals surface area contributed by atoms with Gasteiger partial charge in [-0.15, -0.1) is 0 Å². The molecule has 0 bridgehead atoms. The van der Waals surface area contributed by atoms with Crippen LogP contribution in [0.15, 0.2) is 71.8 Å². The monoisotopic (exact) mass is 509 g/mol. The molecule has 0 atom stereocenters. The number of nitrogens with one attached hydrogen (secondary N) is 2. The Hall–Kier alpha value is -3.96. The summed E-state index contributed by atoms with van der Waals surface area (Å²) in [5.74, 6) is -1.74. The summed E-state index contributed by atoms with van der Waals surface area (Å²) < 4.78 is 56.1. The molecule has 8 nitrogen and oxygen atoms in total. The Morgan fingerprint density at radius 2 is 1.75 bits per heavy atom. The number of piperazine rings is 1. The van der Waals surface area contributed by atoms with Crippen molar-refractivity contribution in [3.05, 3.63) is 89.6 Å². The number of ketones is 1. The normalized spacial score (nSPS) is 14.1. The summed E-state index contributed by atoms with van der Waals surface area (Å²) in [6.45, 7) is 3.22. The Kier molecular flexibility index (Phi) is 6.33. The lowest BCUT2D eigenvalue weighted by molar-refractivity contribution is 0.103. The van der Waals surface area contributed by atoms with Gasteiger partial charge in [0.15, 0.2) is 11.6 Å². The predicted octanol–water partition coefficient (Wildman–Crippen LogP) is 3.35. The van der Waals surface area contributed by atoms with E-state index in [1.54, 1.807) is 18.3 Å². The van der Waals surface area contributed by atoms with E-state index in [0.29, 0.717) is 16.9 Å². The number of hydrogen-bond donors (Lipinski definition) is 2. The molecule has 0 radical (unpaired) electrons. The summed E-state index contributed by atoms with van der Waals surface area (Å²) in [4.78, 5) is 24.0. The van der Waals surface area contributed by atoms with Crippen molar-refractivity contribution in [3.8, 4) is 0 Å². The van der Waals surface area contributed by atoms with Crippen molar-refractivity contribution >= 4 is 38.3 Å². The van der Waals surface area contributed by atoms with Crippen LogP contribution in [0, 0.1) is 11.6 Å². The van der Waals surface area contributed by atoms with Crippen molar-refractivity contribution in [2.45, 2.75) is 4.90 Å². The quantitative estimate of drug-likeness (QED) is 0.384. The lowest BCUT2D eigenvalue weighted by Crippen LogP contribution is -2.43. The Morgan fingerprint density at radius 3 is 2.53 bits per heavy atom. The first-order valence-corrected chi connectivity index (χ1v) is 12.6. The fourth-order valence-electron chi connectivity index (χ4n) is 3.97. The standard InChI is InChI=1S/C25H21F2N5O3S/c26-17-3-1-4-18(14-17)36(34,35)31-21-6-2-5-19(24(21)27)25(33)16-7-8-20-22(13-16)30-23(15-29-20)32-11-9-28-10-12-32/h1-8,13-15,28,31H,9-12H2. The SMILES string of the molecule is O=C(c1ccc2ncc(N3CCNCC3)nc2c1)c1cccc(NS(=O)(=O)c2cccc(F)c2)c1F. The summed E-state index contributed by atoms with van der Waals surface area (Å²) >= 11 is 0. The van der Waals surface area contributed by atoms with Gasteiger partial charge in [0.25, 0.3) is 10.0 Å². The van der Waals surface area contributed by atoms with E-state index in [2.05, 4.69) is 24.9 Å². The molecule has 3 aromatic carbocycles. The molecule has 1 fully saturated rings. The fourth-order valence-corrected chi connectivity index (χ4v) is 5.06. The van der Waals surface area contributed by atoms with Crippen LogP contribution in [0.5, 0.6) is 0 Å². The number of anilines is 2. The number of fused-ring (bicyclic) bond motifs is 1. The predicted molar refractivity (Wildman–Crippen MR) is 132 cm³/mol. The van der Waals surface area contributed by atoms with Crippen molar-refractivity contribution in [3.63, 3.8) is 0 Å². The van der Waals surface area contributed by atoms with Crippen molar-refractivity contribution < 1.29 is 22.0 Å². The second-order valence-electron chi connectivity index (χ2n) is 8.23. The number of carbonyl (C=O) groups is 1. The van der Waals surface area contributed by atoms with Crippen molar-refractivity contribution in [2.75, 3.05) is 35.8 Å². The number of carbonyl (C=O) groups excluding carboxylic acids is 1. The molecule has 0 spiro atoms. The first-order chi connectivity index (χ1) is 17.3. The topological polar surface area (TPSA) is 104 Å². The molecule has 36 heavy (non-hydrogen) atoms. The second-order valence-corrected chi connectivity index (χ2v) is 9.91. The van der Waals surface area contributed by atoms with Crippen molar-refractivity contribution in [2.24, 2.45) is 0 Å². The third-order valence-corrected chi connectivity index (χ3v) is 7.19. The van der Waals surface area contributed by atoms with Gasteiger partial charge in [0.2, 0.25) is 0 Å². The van der Waals surface area contributed by atoms with Crippen LogP contribution in [0.3, 0.4) is 0 Å². The molecule has 2 heterocycles. The van der Waals surface area contributed by atoms with Crippen LogP contribution in [-0.4, -0.2) is 50.3 Å². The largest absolute Gasteiger partial charge is 0.353 e. The molecule has 1 saturated heterocycles. The molecule has 0 aliphatic carbocycles. The van der Waals surface area contributed by atoms with E-state index in [-0.39, 0.29) is 16.0 Å². The first-order valence-electron chi connectivity index (χ1n) is 11.2. The molecule has 0 amide bonds. The number of nitrogens with zero attached hydrogens (tertiary/aromatic N) is 3. The summed E-state index contributed by atoms with van der Waals surface area (Å²) in [6, 6.07) is 12.8.